The van der Waals surface area contributed by atoms with Crippen LogP contribution in [0.2, 0.25) is 0 Å². The molecule has 0 aromatic rings. The Labute approximate surface area is 102 Å². The molecule has 2 aliphatic rings. The Hall–Kier alpha value is -1.10. The standard InChI is InChI=1S/C12H21N3O2/c1-12(13,8-5-6-8)11(17)15-9-4-2-3-7-14-10(9)16/h8-9H,2-7,13H2,1H3,(H,14,16)(H,15,17). The number of amides is 2. The van der Waals surface area contributed by atoms with Gasteiger partial charge in [0.05, 0.1) is 5.54 Å². The lowest BCUT2D eigenvalue weighted by molar-refractivity contribution is -0.132. The lowest BCUT2D eigenvalue weighted by atomic mass is 9.95. The van der Waals surface area contributed by atoms with E-state index >= 15 is 0 Å². The molecule has 0 aromatic heterocycles. The first-order chi connectivity index (χ1) is 8.01. The first kappa shape index (κ1) is 12.4. The van der Waals surface area contributed by atoms with Gasteiger partial charge in [-0.1, -0.05) is 0 Å². The van der Waals surface area contributed by atoms with E-state index in [-0.39, 0.29) is 17.7 Å². The highest BCUT2D eigenvalue weighted by molar-refractivity contribution is 5.92. The molecule has 2 unspecified atom stereocenters. The van der Waals surface area contributed by atoms with Crippen LogP contribution in [-0.2, 0) is 9.59 Å². The summed E-state index contributed by atoms with van der Waals surface area (Å²) in [6.45, 7) is 2.46. The molecule has 1 aliphatic heterocycles. The van der Waals surface area contributed by atoms with Crippen LogP contribution in [0.1, 0.15) is 39.0 Å². The second kappa shape index (κ2) is 4.64. The molecule has 2 fully saturated rings. The lowest BCUT2D eigenvalue weighted by Crippen LogP contribution is -2.58. The Morgan fingerprint density at radius 2 is 2.12 bits per heavy atom. The molecule has 2 rings (SSSR count). The van der Waals surface area contributed by atoms with E-state index in [1.165, 1.54) is 0 Å². The van der Waals surface area contributed by atoms with E-state index in [4.69, 9.17) is 5.73 Å². The van der Waals surface area contributed by atoms with Crippen LogP contribution in [0, 0.1) is 5.92 Å². The summed E-state index contributed by atoms with van der Waals surface area (Å²) in [5.74, 6) is 0.000774. The Morgan fingerprint density at radius 1 is 1.41 bits per heavy atom. The van der Waals surface area contributed by atoms with Crippen molar-refractivity contribution in [2.75, 3.05) is 6.54 Å². The number of carbonyl (C=O) groups is 2. The monoisotopic (exact) mass is 239 g/mol. The fraction of sp³-hybridized carbons (Fsp3) is 0.833. The van der Waals surface area contributed by atoms with Gasteiger partial charge in [0.2, 0.25) is 11.8 Å². The van der Waals surface area contributed by atoms with E-state index in [0.717, 1.165) is 25.7 Å². The lowest BCUT2D eigenvalue weighted by Gasteiger charge is -2.26. The molecule has 0 spiro atoms. The van der Waals surface area contributed by atoms with E-state index < -0.39 is 11.6 Å². The van der Waals surface area contributed by atoms with Crippen LogP contribution < -0.4 is 16.4 Å². The molecule has 0 radical (unpaired) electrons. The first-order valence-corrected chi connectivity index (χ1v) is 6.39. The summed E-state index contributed by atoms with van der Waals surface area (Å²) >= 11 is 0. The highest BCUT2D eigenvalue weighted by Gasteiger charge is 2.44. The third kappa shape index (κ3) is 2.77. The number of nitrogens with one attached hydrogen (secondary N) is 2. The molecule has 1 saturated heterocycles. The molecule has 5 heteroatoms. The molecule has 1 saturated carbocycles. The van der Waals surface area contributed by atoms with Crippen LogP contribution in [0.5, 0.6) is 0 Å². The van der Waals surface area contributed by atoms with Crippen molar-refractivity contribution in [3.05, 3.63) is 0 Å². The van der Waals surface area contributed by atoms with Gasteiger partial charge in [-0.2, -0.15) is 0 Å². The Morgan fingerprint density at radius 3 is 2.76 bits per heavy atom. The minimum atomic E-state index is -0.827. The molecule has 96 valence electrons. The maximum atomic E-state index is 12.1. The van der Waals surface area contributed by atoms with Gasteiger partial charge < -0.3 is 16.4 Å². The fourth-order valence-electron chi connectivity index (χ4n) is 2.26. The van der Waals surface area contributed by atoms with Gasteiger partial charge in [0, 0.05) is 6.54 Å². The third-order valence-corrected chi connectivity index (χ3v) is 3.76. The minimum absolute atomic E-state index is 0.0811. The topological polar surface area (TPSA) is 84.2 Å². The summed E-state index contributed by atoms with van der Waals surface area (Å²) in [6.07, 6.45) is 4.65. The van der Waals surface area contributed by atoms with Crippen LogP contribution in [-0.4, -0.2) is 29.9 Å². The van der Waals surface area contributed by atoms with E-state index in [1.807, 2.05) is 0 Å². The molecule has 4 N–H and O–H groups in total. The Kier molecular flexibility index (Phi) is 3.38. The molecule has 2 amide bonds. The molecule has 1 heterocycles. The molecule has 17 heavy (non-hydrogen) atoms. The quantitative estimate of drug-likeness (QED) is 0.643. The normalized spacial score (nSPS) is 28.8. The predicted octanol–water partition coefficient (Wildman–Crippen LogP) is -0.101. The van der Waals surface area contributed by atoms with Crippen molar-refractivity contribution < 1.29 is 9.59 Å². The third-order valence-electron chi connectivity index (χ3n) is 3.76. The largest absolute Gasteiger partial charge is 0.354 e. The second-order valence-corrected chi connectivity index (χ2v) is 5.37. The van der Waals surface area contributed by atoms with Gasteiger partial charge in [-0.05, 0) is 44.9 Å². The van der Waals surface area contributed by atoms with Gasteiger partial charge in [-0.3, -0.25) is 9.59 Å². The van der Waals surface area contributed by atoms with Crippen LogP contribution in [0.15, 0.2) is 0 Å². The average molecular weight is 239 g/mol. The van der Waals surface area contributed by atoms with Crippen molar-refractivity contribution in [2.45, 2.75) is 50.6 Å². The van der Waals surface area contributed by atoms with Gasteiger partial charge >= 0.3 is 0 Å². The van der Waals surface area contributed by atoms with Crippen LogP contribution >= 0.6 is 0 Å². The second-order valence-electron chi connectivity index (χ2n) is 5.37. The molecule has 1 aliphatic carbocycles. The van der Waals surface area contributed by atoms with Gasteiger partial charge in [0.15, 0.2) is 0 Å². The number of nitrogens with two attached hydrogens (primary N) is 1. The van der Waals surface area contributed by atoms with Crippen molar-refractivity contribution in [1.29, 1.82) is 0 Å². The van der Waals surface area contributed by atoms with Crippen molar-refractivity contribution in [3.63, 3.8) is 0 Å². The zero-order chi connectivity index (χ0) is 12.5. The van der Waals surface area contributed by atoms with Gasteiger partial charge in [-0.25, -0.2) is 0 Å². The molecular formula is C12H21N3O2. The number of rotatable bonds is 3. The maximum Gasteiger partial charge on any atom is 0.242 e. The average Bonchev–Trinajstić information content (AvgIpc) is 3.08. The molecular weight excluding hydrogens is 218 g/mol. The van der Waals surface area contributed by atoms with E-state index in [2.05, 4.69) is 10.6 Å². The van der Waals surface area contributed by atoms with Crippen LogP contribution in [0.4, 0.5) is 0 Å². The summed E-state index contributed by atoms with van der Waals surface area (Å²) in [7, 11) is 0. The van der Waals surface area contributed by atoms with Crippen LogP contribution in [0.3, 0.4) is 0 Å². The van der Waals surface area contributed by atoms with E-state index in [1.54, 1.807) is 6.92 Å². The molecule has 0 aromatic carbocycles. The van der Waals surface area contributed by atoms with Crippen molar-refractivity contribution in [2.24, 2.45) is 11.7 Å². The number of hydrogen-bond donors (Lipinski definition) is 3. The van der Waals surface area contributed by atoms with Gasteiger partial charge in [0.25, 0.3) is 0 Å². The molecule has 5 nitrogen and oxygen atoms in total. The van der Waals surface area contributed by atoms with Crippen molar-refractivity contribution in [1.82, 2.24) is 10.6 Å². The SMILES string of the molecule is CC(N)(C(=O)NC1CCCCNC1=O)C1CC1. The van der Waals surface area contributed by atoms with Gasteiger partial charge in [-0.15, -0.1) is 0 Å². The fourth-order valence-corrected chi connectivity index (χ4v) is 2.26. The summed E-state index contributed by atoms with van der Waals surface area (Å²) in [5, 5.41) is 5.60. The smallest absolute Gasteiger partial charge is 0.242 e. The Bertz CT molecular complexity index is 324. The maximum absolute atomic E-state index is 12.1. The van der Waals surface area contributed by atoms with Gasteiger partial charge in [0.1, 0.15) is 6.04 Å². The first-order valence-electron chi connectivity index (χ1n) is 6.39. The summed E-state index contributed by atoms with van der Waals surface area (Å²) in [6, 6.07) is -0.411. The highest BCUT2D eigenvalue weighted by Crippen LogP contribution is 2.38. The molecule has 0 bridgehead atoms. The summed E-state index contributed by atoms with van der Waals surface area (Å²) < 4.78 is 0. The predicted molar refractivity (Wildman–Crippen MR) is 64.1 cm³/mol. The zero-order valence-electron chi connectivity index (χ0n) is 10.3. The minimum Gasteiger partial charge on any atom is -0.354 e. The van der Waals surface area contributed by atoms with E-state index in [0.29, 0.717) is 13.0 Å². The van der Waals surface area contributed by atoms with Crippen LogP contribution in [0.25, 0.3) is 0 Å². The highest BCUT2D eigenvalue weighted by atomic mass is 16.2. The van der Waals surface area contributed by atoms with Crippen molar-refractivity contribution in [3.8, 4) is 0 Å². The number of carbonyl (C=O) groups excluding carboxylic acids is 2. The summed E-state index contributed by atoms with van der Waals surface area (Å²) in [4.78, 5) is 23.8. The Balaban J connectivity index is 1.94. The summed E-state index contributed by atoms with van der Waals surface area (Å²) in [5.41, 5.74) is 5.20. The van der Waals surface area contributed by atoms with Crippen molar-refractivity contribution >= 4 is 11.8 Å². The van der Waals surface area contributed by atoms with E-state index in [9.17, 15) is 9.59 Å². The number of hydrogen-bond acceptors (Lipinski definition) is 3. The zero-order valence-corrected chi connectivity index (χ0v) is 10.3. The molecule has 2 atom stereocenters.